The third-order valence-corrected chi connectivity index (χ3v) is 4.72. The van der Waals surface area contributed by atoms with E-state index in [9.17, 15) is 14.7 Å². The number of fused-ring (bicyclic) bond motifs is 1. The van der Waals surface area contributed by atoms with Crippen LogP contribution in [-0.4, -0.2) is 78.2 Å². The predicted octanol–water partition coefficient (Wildman–Crippen LogP) is 0.325. The first-order valence-electron chi connectivity index (χ1n) is 8.68. The van der Waals surface area contributed by atoms with Crippen LogP contribution < -0.4 is 9.64 Å². The molecule has 25 heavy (non-hydrogen) atoms. The van der Waals surface area contributed by atoms with Gasteiger partial charge in [0.2, 0.25) is 5.91 Å². The summed E-state index contributed by atoms with van der Waals surface area (Å²) in [6.45, 7) is 6.36. The molecule has 1 aromatic carbocycles. The molecule has 3 rings (SSSR count). The second kappa shape index (κ2) is 7.41. The fourth-order valence-electron chi connectivity index (χ4n) is 3.39. The Morgan fingerprint density at radius 1 is 1.36 bits per heavy atom. The van der Waals surface area contributed by atoms with E-state index in [1.54, 1.807) is 24.0 Å². The average Bonchev–Trinajstić information content (AvgIpc) is 2.58. The fraction of sp³-hybridized carbons (Fsp3) is 0.556. The highest BCUT2D eigenvalue weighted by Crippen LogP contribution is 2.31. The van der Waals surface area contributed by atoms with Gasteiger partial charge in [-0.1, -0.05) is 12.1 Å². The fourth-order valence-corrected chi connectivity index (χ4v) is 3.39. The largest absolute Gasteiger partial charge is 0.482 e. The Kier molecular flexibility index (Phi) is 5.24. The van der Waals surface area contributed by atoms with Crippen LogP contribution >= 0.6 is 0 Å². The Bertz CT molecular complexity index is 649. The number of piperazine rings is 1. The summed E-state index contributed by atoms with van der Waals surface area (Å²) in [5.74, 6) is 0.367. The van der Waals surface area contributed by atoms with Crippen LogP contribution in [0.4, 0.5) is 5.69 Å². The van der Waals surface area contributed by atoms with Gasteiger partial charge in [-0.25, -0.2) is 0 Å². The molecule has 136 valence electrons. The van der Waals surface area contributed by atoms with Crippen molar-refractivity contribution >= 4 is 17.5 Å². The second-order valence-electron chi connectivity index (χ2n) is 6.77. The Morgan fingerprint density at radius 3 is 2.84 bits per heavy atom. The Labute approximate surface area is 147 Å². The van der Waals surface area contributed by atoms with Crippen LogP contribution in [-0.2, 0) is 9.59 Å². The van der Waals surface area contributed by atoms with Gasteiger partial charge in [0.1, 0.15) is 12.3 Å². The van der Waals surface area contributed by atoms with Crippen LogP contribution in [0.3, 0.4) is 0 Å². The van der Waals surface area contributed by atoms with E-state index >= 15 is 0 Å². The summed E-state index contributed by atoms with van der Waals surface area (Å²) in [4.78, 5) is 30.4. The van der Waals surface area contributed by atoms with Gasteiger partial charge in [-0.3, -0.25) is 19.4 Å². The zero-order valence-electron chi connectivity index (χ0n) is 14.7. The maximum Gasteiger partial charge on any atom is 0.265 e. The van der Waals surface area contributed by atoms with Gasteiger partial charge in [0.25, 0.3) is 5.91 Å². The molecule has 2 aliphatic rings. The molecule has 7 nitrogen and oxygen atoms in total. The Balaban J connectivity index is 1.64. The van der Waals surface area contributed by atoms with E-state index in [0.717, 1.165) is 6.54 Å². The van der Waals surface area contributed by atoms with Crippen molar-refractivity contribution in [2.75, 3.05) is 44.2 Å². The summed E-state index contributed by atoms with van der Waals surface area (Å²) in [6, 6.07) is 7.45. The van der Waals surface area contributed by atoms with Gasteiger partial charge in [0, 0.05) is 32.2 Å². The Morgan fingerprint density at radius 2 is 2.12 bits per heavy atom. The predicted molar refractivity (Wildman–Crippen MR) is 93.6 cm³/mol. The number of hydrogen-bond donors (Lipinski definition) is 1. The van der Waals surface area contributed by atoms with Crippen LogP contribution in [0.1, 0.15) is 13.8 Å². The molecule has 0 bridgehead atoms. The third-order valence-electron chi connectivity index (χ3n) is 4.72. The van der Waals surface area contributed by atoms with Gasteiger partial charge in [0.05, 0.1) is 11.8 Å². The molecule has 0 radical (unpaired) electrons. The minimum Gasteiger partial charge on any atom is -0.482 e. The molecule has 1 fully saturated rings. The number of aliphatic hydroxyl groups is 1. The summed E-state index contributed by atoms with van der Waals surface area (Å²) in [6.07, 6.45) is -0.382. The van der Waals surface area contributed by atoms with Crippen LogP contribution in [0.5, 0.6) is 5.75 Å². The van der Waals surface area contributed by atoms with Crippen molar-refractivity contribution in [3.8, 4) is 5.75 Å². The molecule has 0 aromatic heterocycles. The van der Waals surface area contributed by atoms with Crippen molar-refractivity contribution in [3.63, 3.8) is 0 Å². The zero-order valence-corrected chi connectivity index (χ0v) is 14.7. The number of amides is 2. The van der Waals surface area contributed by atoms with Crippen LogP contribution in [0.15, 0.2) is 24.3 Å². The lowest BCUT2D eigenvalue weighted by Gasteiger charge is -2.41. The molecule has 2 heterocycles. The summed E-state index contributed by atoms with van der Waals surface area (Å²) < 4.78 is 5.41. The number of ether oxygens (including phenoxy) is 1. The number of β-amino-alcohol motifs (C(OH)–C–C–N with tert-alkyl or cyclic N) is 1. The lowest BCUT2D eigenvalue weighted by Crippen LogP contribution is -2.57. The molecule has 2 amide bonds. The minimum atomic E-state index is -0.382. The first kappa shape index (κ1) is 17.7. The van der Waals surface area contributed by atoms with Gasteiger partial charge >= 0.3 is 0 Å². The topological polar surface area (TPSA) is 73.3 Å². The highest BCUT2D eigenvalue weighted by molar-refractivity contribution is 6.02. The first-order valence-corrected chi connectivity index (χ1v) is 8.68. The van der Waals surface area contributed by atoms with Gasteiger partial charge in [-0.2, -0.15) is 0 Å². The molecule has 0 aliphatic carbocycles. The number of carbonyl (C=O) groups is 2. The van der Waals surface area contributed by atoms with E-state index in [4.69, 9.17) is 4.74 Å². The van der Waals surface area contributed by atoms with E-state index in [1.165, 1.54) is 4.90 Å². The summed E-state index contributed by atoms with van der Waals surface area (Å²) in [5, 5.41) is 9.56. The zero-order chi connectivity index (χ0) is 18.0. The van der Waals surface area contributed by atoms with Crippen molar-refractivity contribution in [1.82, 2.24) is 9.80 Å². The highest BCUT2D eigenvalue weighted by atomic mass is 16.5. The van der Waals surface area contributed by atoms with E-state index in [1.807, 2.05) is 12.1 Å². The number of benzene rings is 1. The number of anilines is 1. The first-order chi connectivity index (χ1) is 12.0. The summed E-state index contributed by atoms with van der Waals surface area (Å²) >= 11 is 0. The van der Waals surface area contributed by atoms with Crippen LogP contribution in [0.2, 0.25) is 0 Å². The van der Waals surface area contributed by atoms with E-state index in [-0.39, 0.29) is 37.1 Å². The lowest BCUT2D eigenvalue weighted by molar-refractivity contribution is -0.134. The second-order valence-corrected chi connectivity index (χ2v) is 6.77. The number of nitrogens with zero attached hydrogens (tertiary/aromatic N) is 3. The van der Waals surface area contributed by atoms with E-state index < -0.39 is 0 Å². The summed E-state index contributed by atoms with van der Waals surface area (Å²) in [5.41, 5.74) is 0.646. The van der Waals surface area contributed by atoms with Crippen LogP contribution in [0.25, 0.3) is 0 Å². The quantitative estimate of drug-likeness (QED) is 0.850. The standard InChI is InChI=1S/C18H25N3O4/c1-13-9-20(8-7-19(13)10-14(2)22)17(23)11-21-15-5-3-4-6-16(15)25-12-18(21)24/h3-6,13-14,22H,7-12H2,1-2H3/t13-,14-/m1/s1. The molecule has 1 aromatic rings. The number of para-hydroxylation sites is 2. The maximum atomic E-state index is 12.7. The minimum absolute atomic E-state index is 0.0301. The SMILES string of the molecule is C[C@@H]1CN(C(=O)CN2C(=O)COc3ccccc32)CCN1C[C@@H](C)O. The number of carbonyl (C=O) groups excluding carboxylic acids is 2. The van der Waals surface area contributed by atoms with Gasteiger partial charge < -0.3 is 14.7 Å². The average molecular weight is 347 g/mol. The van der Waals surface area contributed by atoms with Crippen molar-refractivity contribution in [3.05, 3.63) is 24.3 Å². The maximum absolute atomic E-state index is 12.7. The third kappa shape index (κ3) is 3.93. The smallest absolute Gasteiger partial charge is 0.265 e. The van der Waals surface area contributed by atoms with E-state index in [2.05, 4.69) is 11.8 Å². The van der Waals surface area contributed by atoms with Gasteiger partial charge in [-0.05, 0) is 26.0 Å². The van der Waals surface area contributed by atoms with Crippen molar-refractivity contribution in [2.45, 2.75) is 26.0 Å². The normalized spacial score (nSPS) is 22.4. The van der Waals surface area contributed by atoms with Crippen molar-refractivity contribution in [1.29, 1.82) is 0 Å². The number of hydrogen-bond acceptors (Lipinski definition) is 5. The molecule has 0 saturated carbocycles. The monoisotopic (exact) mass is 347 g/mol. The van der Waals surface area contributed by atoms with E-state index in [0.29, 0.717) is 31.1 Å². The lowest BCUT2D eigenvalue weighted by atomic mass is 10.1. The van der Waals surface area contributed by atoms with Crippen LogP contribution in [0, 0.1) is 0 Å². The molecule has 2 atom stereocenters. The highest BCUT2D eigenvalue weighted by Gasteiger charge is 2.31. The number of aliphatic hydroxyl groups excluding tert-OH is 1. The number of rotatable bonds is 4. The van der Waals surface area contributed by atoms with Gasteiger partial charge in [0.15, 0.2) is 6.61 Å². The molecule has 7 heteroatoms. The molecular formula is C18H25N3O4. The van der Waals surface area contributed by atoms with Crippen molar-refractivity contribution < 1.29 is 19.4 Å². The molecular weight excluding hydrogens is 322 g/mol. The molecule has 2 aliphatic heterocycles. The molecule has 0 spiro atoms. The summed E-state index contributed by atoms with van der Waals surface area (Å²) in [7, 11) is 0. The van der Waals surface area contributed by atoms with Gasteiger partial charge in [-0.15, -0.1) is 0 Å². The molecule has 1 N–H and O–H groups in total. The molecule has 1 saturated heterocycles. The molecule has 0 unspecified atom stereocenters. The Hall–Kier alpha value is -2.12. The van der Waals surface area contributed by atoms with Crippen molar-refractivity contribution in [2.24, 2.45) is 0 Å².